The summed E-state index contributed by atoms with van der Waals surface area (Å²) in [5, 5.41) is 0. The molecule has 4 heteroatoms. The van der Waals surface area contributed by atoms with Gasteiger partial charge < -0.3 is 6.16 Å². The van der Waals surface area contributed by atoms with Crippen molar-refractivity contribution in [1.82, 2.24) is 0 Å². The van der Waals surface area contributed by atoms with Crippen molar-refractivity contribution in [2.45, 2.75) is 84.5 Å². The molecule has 19 heavy (non-hydrogen) atoms. The number of ether oxygens (including phenoxy) is 1. The van der Waals surface area contributed by atoms with Crippen LogP contribution < -0.4 is 29.6 Å². The molecule has 0 spiro atoms. The minimum atomic E-state index is -0.420. The SMILES string of the molecule is CCCCCCCCCCCC(=O)OC(=O)CC.[H-].[Na+]. The average Bonchev–Trinajstić information content (AvgIpc) is 2.36. The minimum absolute atomic E-state index is 0. The third-order valence-electron chi connectivity index (χ3n) is 3.00. The summed E-state index contributed by atoms with van der Waals surface area (Å²) in [4.78, 5) is 22.0. The fourth-order valence-corrected chi connectivity index (χ4v) is 1.83. The molecular formula is C15H29NaO3. The molecule has 0 aromatic heterocycles. The predicted octanol–water partition coefficient (Wildman–Crippen LogP) is 1.50. The molecule has 0 atom stereocenters. The van der Waals surface area contributed by atoms with E-state index in [0.717, 1.165) is 12.8 Å². The Hall–Kier alpha value is 0.140. The molecule has 0 amide bonds. The van der Waals surface area contributed by atoms with Gasteiger partial charge in [0, 0.05) is 12.8 Å². The van der Waals surface area contributed by atoms with Crippen LogP contribution in [-0.2, 0) is 14.3 Å². The smallest absolute Gasteiger partial charge is 1.00 e. The van der Waals surface area contributed by atoms with Crippen LogP contribution in [0.4, 0.5) is 0 Å². The summed E-state index contributed by atoms with van der Waals surface area (Å²) >= 11 is 0. The van der Waals surface area contributed by atoms with Crippen molar-refractivity contribution < 1.29 is 45.3 Å². The quantitative estimate of drug-likeness (QED) is 0.249. The van der Waals surface area contributed by atoms with Gasteiger partial charge in [-0.15, -0.1) is 0 Å². The largest absolute Gasteiger partial charge is 1.00 e. The fraction of sp³-hybridized carbons (Fsp3) is 0.867. The third kappa shape index (κ3) is 16.1. The molecule has 3 nitrogen and oxygen atoms in total. The van der Waals surface area contributed by atoms with E-state index in [-0.39, 0.29) is 43.4 Å². The van der Waals surface area contributed by atoms with Gasteiger partial charge in [0.15, 0.2) is 0 Å². The van der Waals surface area contributed by atoms with Crippen LogP contribution in [0, 0.1) is 0 Å². The monoisotopic (exact) mass is 280 g/mol. The standard InChI is InChI=1S/C15H28O3.Na.H/c1-3-5-6-7-8-9-10-11-12-13-15(17)18-14(16)4-2;;/h3-13H2,1-2H3;;/q;+1;-1. The Morgan fingerprint density at radius 3 is 1.74 bits per heavy atom. The summed E-state index contributed by atoms with van der Waals surface area (Å²) < 4.78 is 4.59. The summed E-state index contributed by atoms with van der Waals surface area (Å²) in [5.74, 6) is -0.791. The Labute approximate surface area is 141 Å². The maximum atomic E-state index is 11.2. The van der Waals surface area contributed by atoms with E-state index in [4.69, 9.17) is 0 Å². The number of esters is 2. The molecule has 0 radical (unpaired) electrons. The van der Waals surface area contributed by atoms with Crippen LogP contribution >= 0.6 is 0 Å². The molecule has 0 aliphatic heterocycles. The maximum absolute atomic E-state index is 11.2. The molecular weight excluding hydrogens is 251 g/mol. The molecule has 0 unspecified atom stereocenters. The number of unbranched alkanes of at least 4 members (excludes halogenated alkanes) is 8. The fourth-order valence-electron chi connectivity index (χ4n) is 1.83. The van der Waals surface area contributed by atoms with Gasteiger partial charge in [-0.1, -0.05) is 65.2 Å². The van der Waals surface area contributed by atoms with Gasteiger partial charge in [-0.3, -0.25) is 9.59 Å². The molecule has 0 saturated carbocycles. The molecule has 0 rings (SSSR count). The molecule has 0 aromatic rings. The molecule has 0 saturated heterocycles. The predicted molar refractivity (Wildman–Crippen MR) is 74.3 cm³/mol. The summed E-state index contributed by atoms with van der Waals surface area (Å²) in [6.07, 6.45) is 11.6. The normalized spacial score (nSPS) is 9.79. The zero-order valence-electron chi connectivity index (χ0n) is 14.0. The van der Waals surface area contributed by atoms with Gasteiger partial charge >= 0.3 is 41.5 Å². The van der Waals surface area contributed by atoms with Gasteiger partial charge in [-0.05, 0) is 6.42 Å². The van der Waals surface area contributed by atoms with Crippen LogP contribution in [-0.4, -0.2) is 11.9 Å². The van der Waals surface area contributed by atoms with E-state index in [1.165, 1.54) is 44.9 Å². The van der Waals surface area contributed by atoms with Gasteiger partial charge in [0.1, 0.15) is 0 Å². The second-order valence-electron chi connectivity index (χ2n) is 4.78. The molecule has 0 fully saturated rings. The number of hydrogen-bond acceptors (Lipinski definition) is 3. The molecule has 0 aliphatic carbocycles. The summed E-state index contributed by atoms with van der Waals surface area (Å²) in [5.41, 5.74) is 0. The molecule has 0 bridgehead atoms. The van der Waals surface area contributed by atoms with Gasteiger partial charge in [0.2, 0.25) is 0 Å². The Morgan fingerprint density at radius 2 is 1.26 bits per heavy atom. The average molecular weight is 280 g/mol. The molecule has 0 N–H and O–H groups in total. The van der Waals surface area contributed by atoms with Crippen molar-refractivity contribution in [1.29, 1.82) is 0 Å². The number of carbonyl (C=O) groups excluding carboxylic acids is 2. The topological polar surface area (TPSA) is 43.4 Å². The van der Waals surface area contributed by atoms with E-state index in [2.05, 4.69) is 11.7 Å². The Kier molecular flexibility index (Phi) is 18.3. The van der Waals surface area contributed by atoms with Crippen LogP contribution in [0.15, 0.2) is 0 Å². The Morgan fingerprint density at radius 1 is 0.789 bits per heavy atom. The van der Waals surface area contributed by atoms with Crippen LogP contribution in [0.2, 0.25) is 0 Å². The maximum Gasteiger partial charge on any atom is 1.00 e. The minimum Gasteiger partial charge on any atom is -1.00 e. The molecule has 0 aromatic carbocycles. The van der Waals surface area contributed by atoms with Crippen molar-refractivity contribution in [2.24, 2.45) is 0 Å². The second kappa shape index (κ2) is 16.2. The molecule has 0 aliphatic rings. The second-order valence-corrected chi connectivity index (χ2v) is 4.78. The van der Waals surface area contributed by atoms with E-state index in [0.29, 0.717) is 6.42 Å². The Bertz CT molecular complexity index is 235. The van der Waals surface area contributed by atoms with E-state index in [9.17, 15) is 9.59 Å². The van der Waals surface area contributed by atoms with Gasteiger partial charge in [-0.25, -0.2) is 0 Å². The first kappa shape index (κ1) is 21.4. The van der Waals surface area contributed by atoms with Crippen LogP contribution in [0.5, 0.6) is 0 Å². The number of hydrogen-bond donors (Lipinski definition) is 0. The van der Waals surface area contributed by atoms with E-state index in [1.54, 1.807) is 6.92 Å². The van der Waals surface area contributed by atoms with Gasteiger partial charge in [0.25, 0.3) is 0 Å². The van der Waals surface area contributed by atoms with Crippen LogP contribution in [0.1, 0.15) is 85.9 Å². The zero-order valence-corrected chi connectivity index (χ0v) is 15.0. The first-order valence-corrected chi connectivity index (χ1v) is 7.44. The zero-order chi connectivity index (χ0) is 13.6. The first-order chi connectivity index (χ1) is 8.70. The van der Waals surface area contributed by atoms with E-state index >= 15 is 0 Å². The van der Waals surface area contributed by atoms with Crippen molar-refractivity contribution in [2.75, 3.05) is 0 Å². The number of carbonyl (C=O) groups is 2. The van der Waals surface area contributed by atoms with Crippen molar-refractivity contribution in [3.8, 4) is 0 Å². The first-order valence-electron chi connectivity index (χ1n) is 7.44. The van der Waals surface area contributed by atoms with Crippen molar-refractivity contribution in [3.05, 3.63) is 0 Å². The third-order valence-corrected chi connectivity index (χ3v) is 3.00. The van der Waals surface area contributed by atoms with Crippen LogP contribution in [0.25, 0.3) is 0 Å². The summed E-state index contributed by atoms with van der Waals surface area (Å²) in [6.45, 7) is 3.91. The van der Waals surface area contributed by atoms with Gasteiger partial charge in [0.05, 0.1) is 0 Å². The van der Waals surface area contributed by atoms with E-state index < -0.39 is 5.97 Å². The van der Waals surface area contributed by atoms with Gasteiger partial charge in [-0.2, -0.15) is 0 Å². The molecule has 0 heterocycles. The van der Waals surface area contributed by atoms with Crippen molar-refractivity contribution >= 4 is 11.9 Å². The molecule has 108 valence electrons. The summed E-state index contributed by atoms with van der Waals surface area (Å²) in [7, 11) is 0. The van der Waals surface area contributed by atoms with Crippen LogP contribution in [0.3, 0.4) is 0 Å². The Balaban J connectivity index is -0.00000144. The summed E-state index contributed by atoms with van der Waals surface area (Å²) in [6, 6.07) is 0. The van der Waals surface area contributed by atoms with Crippen molar-refractivity contribution in [3.63, 3.8) is 0 Å². The van der Waals surface area contributed by atoms with E-state index in [1.807, 2.05) is 0 Å². The number of rotatable bonds is 11.